The summed E-state index contributed by atoms with van der Waals surface area (Å²) in [6.45, 7) is 1.08. The number of hydrogen-bond acceptors (Lipinski definition) is 4. The van der Waals surface area contributed by atoms with E-state index in [1.54, 1.807) is 0 Å². The fourth-order valence-electron chi connectivity index (χ4n) is 1.04. The van der Waals surface area contributed by atoms with Crippen LogP contribution in [-0.4, -0.2) is 44.3 Å². The van der Waals surface area contributed by atoms with Gasteiger partial charge in [-0.05, 0) is 18.2 Å². The van der Waals surface area contributed by atoms with Crippen LogP contribution in [-0.2, 0) is 4.79 Å². The van der Waals surface area contributed by atoms with Crippen LogP contribution >= 0.6 is 0 Å². The van der Waals surface area contributed by atoms with Gasteiger partial charge >= 0.3 is 47.5 Å². The Morgan fingerprint density at radius 1 is 0.850 bits per heavy atom. The first-order valence-corrected chi connectivity index (χ1v) is 4.70. The molecular weight excluding hydrogens is 283 g/mol. The SMILES string of the molecule is CC(=O)O.O=C(O)c1ccc(C(=O)O)c(C(=O)O)c1.[H-].[Na+]. The zero-order valence-electron chi connectivity index (χ0n) is 11.7. The molecule has 1 rings (SSSR count). The van der Waals surface area contributed by atoms with Crippen molar-refractivity contribution >= 4 is 23.9 Å². The number of carboxylic acid groups (broad SMARTS) is 4. The van der Waals surface area contributed by atoms with Gasteiger partial charge in [-0.15, -0.1) is 0 Å². The molecule has 0 heterocycles. The molecular formula is C11H11NaO8. The molecule has 0 unspecified atom stereocenters. The Morgan fingerprint density at radius 2 is 1.25 bits per heavy atom. The Morgan fingerprint density at radius 3 is 1.55 bits per heavy atom. The van der Waals surface area contributed by atoms with Gasteiger partial charge in [0.25, 0.3) is 5.97 Å². The van der Waals surface area contributed by atoms with Gasteiger partial charge in [0, 0.05) is 6.92 Å². The summed E-state index contributed by atoms with van der Waals surface area (Å²) in [7, 11) is 0. The third kappa shape index (κ3) is 6.88. The average Bonchev–Trinajstić information content (AvgIpc) is 2.27. The number of aromatic carboxylic acids is 3. The molecule has 1 aromatic carbocycles. The molecule has 0 radical (unpaired) electrons. The second-order valence-electron chi connectivity index (χ2n) is 3.19. The molecule has 104 valence electrons. The second kappa shape index (κ2) is 9.08. The molecule has 0 aromatic heterocycles. The van der Waals surface area contributed by atoms with Crippen LogP contribution in [0.1, 0.15) is 39.4 Å². The van der Waals surface area contributed by atoms with Crippen molar-refractivity contribution < 1.29 is 70.6 Å². The van der Waals surface area contributed by atoms with Crippen LogP contribution in [0.4, 0.5) is 0 Å². The zero-order valence-corrected chi connectivity index (χ0v) is 12.7. The number of aliphatic carboxylic acids is 1. The molecule has 20 heavy (non-hydrogen) atoms. The molecule has 0 bridgehead atoms. The maximum atomic E-state index is 10.6. The minimum absolute atomic E-state index is 0. The van der Waals surface area contributed by atoms with Gasteiger partial charge in [0.1, 0.15) is 0 Å². The van der Waals surface area contributed by atoms with E-state index in [-0.39, 0.29) is 36.5 Å². The Labute approximate surface area is 136 Å². The van der Waals surface area contributed by atoms with E-state index in [9.17, 15) is 14.4 Å². The zero-order chi connectivity index (χ0) is 15.2. The number of rotatable bonds is 3. The summed E-state index contributed by atoms with van der Waals surface area (Å²) in [4.78, 5) is 40.8. The molecule has 0 saturated carbocycles. The molecule has 4 N–H and O–H groups in total. The van der Waals surface area contributed by atoms with Crippen molar-refractivity contribution in [3.8, 4) is 0 Å². The number of carboxylic acids is 4. The van der Waals surface area contributed by atoms with Gasteiger partial charge in [0.15, 0.2) is 0 Å². The van der Waals surface area contributed by atoms with Crippen LogP contribution < -0.4 is 29.6 Å². The van der Waals surface area contributed by atoms with Crippen molar-refractivity contribution in [3.05, 3.63) is 34.9 Å². The molecule has 1 aromatic rings. The summed E-state index contributed by atoms with van der Waals surface area (Å²) in [5.74, 6) is -5.03. The van der Waals surface area contributed by atoms with Crippen LogP contribution in [0.25, 0.3) is 0 Å². The van der Waals surface area contributed by atoms with Crippen molar-refractivity contribution in [1.29, 1.82) is 0 Å². The van der Waals surface area contributed by atoms with Crippen molar-refractivity contribution in [3.63, 3.8) is 0 Å². The minimum atomic E-state index is -1.48. The van der Waals surface area contributed by atoms with Crippen molar-refractivity contribution in [2.75, 3.05) is 0 Å². The number of benzene rings is 1. The summed E-state index contributed by atoms with van der Waals surface area (Å²) < 4.78 is 0. The molecule has 8 nitrogen and oxygen atoms in total. The number of hydrogen-bond donors (Lipinski definition) is 4. The predicted molar refractivity (Wildman–Crippen MR) is 61.7 cm³/mol. The van der Waals surface area contributed by atoms with Gasteiger partial charge in [0.2, 0.25) is 0 Å². The topological polar surface area (TPSA) is 149 Å². The third-order valence-corrected chi connectivity index (χ3v) is 1.73. The quantitative estimate of drug-likeness (QED) is 0.467. The van der Waals surface area contributed by atoms with Gasteiger partial charge in [-0.2, -0.15) is 0 Å². The fraction of sp³-hybridized carbons (Fsp3) is 0.0909. The van der Waals surface area contributed by atoms with Crippen molar-refractivity contribution in [2.45, 2.75) is 6.92 Å². The van der Waals surface area contributed by atoms with Crippen LogP contribution in [0.3, 0.4) is 0 Å². The molecule has 0 atom stereocenters. The van der Waals surface area contributed by atoms with Crippen LogP contribution in [0.2, 0.25) is 0 Å². The summed E-state index contributed by atoms with van der Waals surface area (Å²) in [6, 6.07) is 2.81. The number of carbonyl (C=O) groups is 4. The Bertz CT molecular complexity index is 539. The van der Waals surface area contributed by atoms with Gasteiger partial charge in [-0.1, -0.05) is 0 Å². The predicted octanol–water partition coefficient (Wildman–Crippen LogP) is -2.01. The van der Waals surface area contributed by atoms with Crippen molar-refractivity contribution in [2.24, 2.45) is 0 Å². The monoisotopic (exact) mass is 294 g/mol. The fourth-order valence-corrected chi connectivity index (χ4v) is 1.04. The minimum Gasteiger partial charge on any atom is -1.00 e. The van der Waals surface area contributed by atoms with E-state index in [4.69, 9.17) is 25.2 Å². The maximum Gasteiger partial charge on any atom is 1.00 e. The molecule has 0 fully saturated rings. The summed E-state index contributed by atoms with van der Waals surface area (Å²) in [5, 5.41) is 33.3. The third-order valence-electron chi connectivity index (χ3n) is 1.73. The largest absolute Gasteiger partial charge is 1.00 e. The van der Waals surface area contributed by atoms with Crippen LogP contribution in [0.15, 0.2) is 18.2 Å². The van der Waals surface area contributed by atoms with E-state index < -0.39 is 35.0 Å². The van der Waals surface area contributed by atoms with E-state index in [1.807, 2.05) is 0 Å². The first-order valence-electron chi connectivity index (χ1n) is 4.70. The molecule has 0 amide bonds. The van der Waals surface area contributed by atoms with Crippen LogP contribution in [0.5, 0.6) is 0 Å². The smallest absolute Gasteiger partial charge is 1.00 e. The summed E-state index contributed by atoms with van der Waals surface area (Å²) >= 11 is 0. The van der Waals surface area contributed by atoms with Gasteiger partial charge in [-0.3, -0.25) is 4.79 Å². The van der Waals surface area contributed by atoms with E-state index in [1.165, 1.54) is 0 Å². The van der Waals surface area contributed by atoms with E-state index in [0.29, 0.717) is 0 Å². The van der Waals surface area contributed by atoms with Crippen LogP contribution in [0, 0.1) is 0 Å². The van der Waals surface area contributed by atoms with E-state index >= 15 is 0 Å². The normalized spacial score (nSPS) is 8.45. The Balaban J connectivity index is -0.000000482. The second-order valence-corrected chi connectivity index (χ2v) is 3.19. The molecule has 0 aliphatic heterocycles. The van der Waals surface area contributed by atoms with Gasteiger partial charge < -0.3 is 21.9 Å². The average molecular weight is 294 g/mol. The Hall–Kier alpha value is -1.90. The first kappa shape index (κ1) is 20.4. The summed E-state index contributed by atoms with van der Waals surface area (Å²) in [6.07, 6.45) is 0. The molecule has 0 aliphatic rings. The van der Waals surface area contributed by atoms with E-state index in [2.05, 4.69) is 0 Å². The molecule has 0 aliphatic carbocycles. The van der Waals surface area contributed by atoms with E-state index in [0.717, 1.165) is 25.1 Å². The standard InChI is InChI=1S/C9H6O6.C2H4O2.Na.H/c10-7(11)4-1-2-5(8(12)13)6(3-4)9(14)15;1-2(3)4;;/h1-3H,(H,10,11)(H,12,13)(H,14,15);1H3,(H,3,4);;/q;;+1;-1. The molecule has 0 saturated heterocycles. The summed E-state index contributed by atoms with van der Waals surface area (Å²) in [5.41, 5.74) is -1.24. The molecule has 0 spiro atoms. The van der Waals surface area contributed by atoms with Gasteiger partial charge in [0.05, 0.1) is 16.7 Å². The van der Waals surface area contributed by atoms with Gasteiger partial charge in [-0.25, -0.2) is 14.4 Å². The Kier molecular flexibility index (Phi) is 9.27. The molecule has 9 heteroatoms. The first-order chi connectivity index (χ1) is 8.66. The maximum absolute atomic E-state index is 10.6. The van der Waals surface area contributed by atoms with Crippen molar-refractivity contribution in [1.82, 2.24) is 0 Å².